The van der Waals surface area contributed by atoms with Crippen LogP contribution in [-0.4, -0.2) is 28.9 Å². The number of rotatable bonds is 5. The van der Waals surface area contributed by atoms with Gasteiger partial charge in [0.1, 0.15) is 17.7 Å². The van der Waals surface area contributed by atoms with Gasteiger partial charge in [0, 0.05) is 37.7 Å². The Morgan fingerprint density at radius 2 is 1.97 bits per heavy atom. The second-order valence-corrected chi connectivity index (χ2v) is 7.99. The Kier molecular flexibility index (Phi) is 6.10. The quantitative estimate of drug-likeness (QED) is 0.609. The molecule has 4 rings (SSSR count). The number of amidine groups is 1. The molecule has 8 heteroatoms. The zero-order chi connectivity index (χ0) is 22.0. The van der Waals surface area contributed by atoms with Gasteiger partial charge in [-0.25, -0.2) is 13.8 Å². The molecular weight excluding hydrogens is 422 g/mol. The molecule has 2 aliphatic heterocycles. The molecule has 2 aromatic rings. The van der Waals surface area contributed by atoms with Crippen LogP contribution in [0.4, 0.5) is 8.78 Å². The Hall–Kier alpha value is -3.11. The summed E-state index contributed by atoms with van der Waals surface area (Å²) in [6.45, 7) is 0.907. The zero-order valence-corrected chi connectivity index (χ0v) is 17.4. The molecule has 0 fully saturated rings. The van der Waals surface area contributed by atoms with Crippen LogP contribution in [0, 0.1) is 23.0 Å². The van der Waals surface area contributed by atoms with E-state index in [1.165, 1.54) is 0 Å². The molecule has 1 amide bonds. The van der Waals surface area contributed by atoms with E-state index in [1.54, 1.807) is 23.2 Å². The van der Waals surface area contributed by atoms with E-state index < -0.39 is 11.6 Å². The van der Waals surface area contributed by atoms with Gasteiger partial charge in [0.25, 0.3) is 0 Å². The van der Waals surface area contributed by atoms with Crippen LogP contribution in [0.25, 0.3) is 11.1 Å². The molecule has 0 aliphatic carbocycles. The number of nitrogens with zero attached hydrogens (tertiary/aromatic N) is 4. The largest absolute Gasteiger partial charge is 0.334 e. The highest BCUT2D eigenvalue weighted by Gasteiger charge is 2.25. The standard InChI is InChI=1S/C23H19ClF2N4O/c24-23-19(26)7-6-18(25)22(23)14-4-5-15-12-30(13-16(15)10-14)21(31)3-1-2-17-8-9-28-20(11-27)29-17/h4-7,9-10,17H,1-3,8,12-13H2. The van der Waals surface area contributed by atoms with Crippen molar-refractivity contribution in [2.75, 3.05) is 0 Å². The molecule has 2 heterocycles. The van der Waals surface area contributed by atoms with Crippen LogP contribution in [-0.2, 0) is 17.9 Å². The first-order valence-corrected chi connectivity index (χ1v) is 10.4. The van der Waals surface area contributed by atoms with Crippen molar-refractivity contribution < 1.29 is 13.6 Å². The zero-order valence-electron chi connectivity index (χ0n) is 16.6. The Morgan fingerprint density at radius 1 is 1.19 bits per heavy atom. The molecule has 1 atom stereocenters. The lowest BCUT2D eigenvalue weighted by Crippen LogP contribution is -2.25. The average Bonchev–Trinajstić information content (AvgIpc) is 3.20. The Balaban J connectivity index is 1.38. The maximum Gasteiger partial charge on any atom is 0.227 e. The van der Waals surface area contributed by atoms with Crippen molar-refractivity contribution in [2.45, 2.75) is 44.8 Å². The van der Waals surface area contributed by atoms with Gasteiger partial charge >= 0.3 is 0 Å². The van der Waals surface area contributed by atoms with Crippen LogP contribution >= 0.6 is 11.6 Å². The maximum atomic E-state index is 14.3. The highest BCUT2D eigenvalue weighted by Crippen LogP contribution is 2.35. The van der Waals surface area contributed by atoms with Gasteiger partial charge in [0.05, 0.1) is 11.1 Å². The van der Waals surface area contributed by atoms with Crippen molar-refractivity contribution in [1.29, 1.82) is 5.26 Å². The lowest BCUT2D eigenvalue weighted by atomic mass is 10.00. The Labute approximate surface area is 183 Å². The molecule has 0 bridgehead atoms. The number of amides is 1. The second kappa shape index (κ2) is 8.94. The lowest BCUT2D eigenvalue weighted by molar-refractivity contribution is -0.131. The van der Waals surface area contributed by atoms with E-state index in [9.17, 15) is 13.6 Å². The first-order chi connectivity index (χ1) is 15.0. The van der Waals surface area contributed by atoms with Crippen LogP contribution in [0.15, 0.2) is 40.3 Å². The third kappa shape index (κ3) is 4.49. The van der Waals surface area contributed by atoms with Gasteiger partial charge in [-0.05, 0) is 47.7 Å². The average molecular weight is 441 g/mol. The molecule has 1 unspecified atom stereocenters. The lowest BCUT2D eigenvalue weighted by Gasteiger charge is -2.17. The minimum absolute atomic E-state index is 0.0100. The number of hydrogen-bond acceptors (Lipinski definition) is 4. The maximum absolute atomic E-state index is 14.3. The van der Waals surface area contributed by atoms with Crippen molar-refractivity contribution in [2.24, 2.45) is 9.98 Å². The van der Waals surface area contributed by atoms with Crippen molar-refractivity contribution >= 4 is 29.6 Å². The molecule has 2 aromatic carbocycles. The van der Waals surface area contributed by atoms with Gasteiger partial charge in [-0.2, -0.15) is 5.26 Å². The van der Waals surface area contributed by atoms with Crippen LogP contribution < -0.4 is 0 Å². The van der Waals surface area contributed by atoms with E-state index in [0.717, 1.165) is 23.3 Å². The van der Waals surface area contributed by atoms with E-state index in [0.29, 0.717) is 44.3 Å². The van der Waals surface area contributed by atoms with E-state index in [2.05, 4.69) is 9.98 Å². The van der Waals surface area contributed by atoms with Crippen LogP contribution in [0.2, 0.25) is 5.02 Å². The number of benzene rings is 2. The monoisotopic (exact) mass is 440 g/mol. The van der Waals surface area contributed by atoms with Gasteiger partial charge in [-0.1, -0.05) is 23.7 Å². The van der Waals surface area contributed by atoms with Crippen LogP contribution in [0.3, 0.4) is 0 Å². The SMILES string of the molecule is N#CC1=NC(CCCC(=O)N2Cc3ccc(-c4c(F)ccc(F)c4Cl)cc3C2)CC=N1. The fraction of sp³-hybridized carbons (Fsp3) is 0.304. The topological polar surface area (TPSA) is 68.8 Å². The summed E-state index contributed by atoms with van der Waals surface area (Å²) in [6.07, 6.45) is 4.14. The van der Waals surface area contributed by atoms with Gasteiger partial charge in [0.2, 0.25) is 11.7 Å². The molecule has 2 aliphatic rings. The highest BCUT2D eigenvalue weighted by atomic mass is 35.5. The van der Waals surface area contributed by atoms with Crippen molar-refractivity contribution in [3.63, 3.8) is 0 Å². The Bertz CT molecular complexity index is 1140. The summed E-state index contributed by atoms with van der Waals surface area (Å²) in [4.78, 5) is 22.6. The number of halogens is 3. The number of fused-ring (bicyclic) bond motifs is 1. The summed E-state index contributed by atoms with van der Waals surface area (Å²) in [5.41, 5.74) is 2.40. The molecule has 0 saturated carbocycles. The molecule has 31 heavy (non-hydrogen) atoms. The molecule has 0 spiro atoms. The third-order valence-electron chi connectivity index (χ3n) is 5.54. The van der Waals surface area contributed by atoms with Crippen LogP contribution in [0.5, 0.6) is 0 Å². The molecule has 0 aromatic heterocycles. The Morgan fingerprint density at radius 3 is 2.77 bits per heavy atom. The van der Waals surface area contributed by atoms with Gasteiger partial charge in [-0.3, -0.25) is 9.79 Å². The van der Waals surface area contributed by atoms with Crippen molar-refractivity contribution in [3.8, 4) is 17.2 Å². The van der Waals surface area contributed by atoms with Crippen LogP contribution in [0.1, 0.15) is 36.8 Å². The summed E-state index contributed by atoms with van der Waals surface area (Å²) in [7, 11) is 0. The second-order valence-electron chi connectivity index (χ2n) is 7.61. The molecule has 0 N–H and O–H groups in total. The first kappa shape index (κ1) is 21.1. The predicted octanol–water partition coefficient (Wildman–Crippen LogP) is 5.06. The summed E-state index contributed by atoms with van der Waals surface area (Å²) in [5, 5.41) is 8.64. The summed E-state index contributed by atoms with van der Waals surface area (Å²) >= 11 is 5.99. The molecule has 158 valence electrons. The van der Waals surface area contributed by atoms with Gasteiger partial charge < -0.3 is 4.90 Å². The third-order valence-corrected chi connectivity index (χ3v) is 5.91. The summed E-state index contributed by atoms with van der Waals surface area (Å²) < 4.78 is 28.1. The number of hydrogen-bond donors (Lipinski definition) is 0. The molecular formula is C23H19ClF2N4O. The molecule has 0 saturated heterocycles. The molecule has 5 nitrogen and oxygen atoms in total. The van der Waals surface area contributed by atoms with E-state index in [4.69, 9.17) is 16.9 Å². The van der Waals surface area contributed by atoms with E-state index >= 15 is 0 Å². The minimum atomic E-state index is -0.675. The normalized spacial score (nSPS) is 17.3. The highest BCUT2D eigenvalue weighted by molar-refractivity contribution is 6.33. The molecule has 0 radical (unpaired) electrons. The van der Waals surface area contributed by atoms with Crippen molar-refractivity contribution in [1.82, 2.24) is 4.90 Å². The number of aliphatic imine (C=N–C) groups is 2. The van der Waals surface area contributed by atoms with Gasteiger partial charge in [-0.15, -0.1) is 0 Å². The fourth-order valence-electron chi connectivity index (χ4n) is 3.93. The fourth-order valence-corrected chi connectivity index (χ4v) is 4.19. The predicted molar refractivity (Wildman–Crippen MR) is 115 cm³/mol. The minimum Gasteiger partial charge on any atom is -0.334 e. The summed E-state index contributed by atoms with van der Waals surface area (Å²) in [6, 6.07) is 9.29. The number of carbonyl (C=O) groups excluding carboxylic acids is 1. The summed E-state index contributed by atoms with van der Waals surface area (Å²) in [5.74, 6) is -1.05. The van der Waals surface area contributed by atoms with Crippen molar-refractivity contribution in [3.05, 3.63) is 58.1 Å². The number of carbonyl (C=O) groups is 1. The van der Waals surface area contributed by atoms with Gasteiger partial charge in [0.15, 0.2) is 0 Å². The van der Waals surface area contributed by atoms with E-state index in [-0.39, 0.29) is 28.4 Å². The number of nitriles is 1. The first-order valence-electron chi connectivity index (χ1n) is 10.00. The van der Waals surface area contributed by atoms with E-state index in [1.807, 2.05) is 12.1 Å². The smallest absolute Gasteiger partial charge is 0.227 e.